The molecule has 0 saturated heterocycles. The molecule has 0 fully saturated rings. The number of benzene rings is 2. The lowest BCUT2D eigenvalue weighted by molar-refractivity contribution is 0.0955. The molecule has 0 unspecified atom stereocenters. The standard InChI is InChI=1S/C18H12Br2N2O2/c19-14-5-1-12(2-6-14)17-10-9-16(24-17)11-21-22-18(23)13-3-7-15(20)8-4-13/h1-11H,(H,22,23)/b21-11-. The maximum Gasteiger partial charge on any atom is 0.271 e. The highest BCUT2D eigenvalue weighted by Gasteiger charge is 2.05. The van der Waals surface area contributed by atoms with Gasteiger partial charge in [-0.05, 0) is 48.5 Å². The molecule has 0 radical (unpaired) electrons. The zero-order valence-corrected chi connectivity index (χ0v) is 15.5. The highest BCUT2D eigenvalue weighted by Crippen LogP contribution is 2.23. The minimum Gasteiger partial charge on any atom is -0.455 e. The quantitative estimate of drug-likeness (QED) is 0.439. The van der Waals surface area contributed by atoms with Crippen molar-refractivity contribution in [1.82, 2.24) is 5.43 Å². The van der Waals surface area contributed by atoms with Crippen LogP contribution in [0.3, 0.4) is 0 Å². The van der Waals surface area contributed by atoms with Gasteiger partial charge < -0.3 is 4.42 Å². The van der Waals surface area contributed by atoms with Crippen molar-refractivity contribution >= 4 is 44.0 Å². The molecular weight excluding hydrogens is 436 g/mol. The normalized spacial score (nSPS) is 10.9. The Morgan fingerprint density at radius 3 is 2.21 bits per heavy atom. The van der Waals surface area contributed by atoms with Crippen molar-refractivity contribution in [3.8, 4) is 11.3 Å². The van der Waals surface area contributed by atoms with E-state index in [0.717, 1.165) is 20.3 Å². The number of hydrogen-bond acceptors (Lipinski definition) is 3. The third kappa shape index (κ3) is 4.21. The minimum atomic E-state index is -0.279. The second-order valence-corrected chi connectivity index (χ2v) is 6.75. The molecule has 4 nitrogen and oxygen atoms in total. The van der Waals surface area contributed by atoms with Gasteiger partial charge in [0.05, 0.1) is 6.21 Å². The molecule has 1 amide bonds. The summed E-state index contributed by atoms with van der Waals surface area (Å²) in [4.78, 5) is 11.9. The van der Waals surface area contributed by atoms with E-state index in [9.17, 15) is 4.79 Å². The van der Waals surface area contributed by atoms with Gasteiger partial charge in [-0.2, -0.15) is 5.10 Å². The Labute approximate surface area is 155 Å². The van der Waals surface area contributed by atoms with Gasteiger partial charge in [-0.15, -0.1) is 0 Å². The van der Waals surface area contributed by atoms with Crippen molar-refractivity contribution in [3.05, 3.63) is 80.9 Å². The van der Waals surface area contributed by atoms with E-state index >= 15 is 0 Å². The van der Waals surface area contributed by atoms with Crippen LogP contribution in [0.5, 0.6) is 0 Å². The van der Waals surface area contributed by atoms with Gasteiger partial charge in [0.1, 0.15) is 11.5 Å². The molecule has 3 aromatic rings. The van der Waals surface area contributed by atoms with Crippen LogP contribution in [-0.2, 0) is 0 Å². The zero-order valence-electron chi connectivity index (χ0n) is 12.4. The van der Waals surface area contributed by atoms with E-state index in [2.05, 4.69) is 42.4 Å². The number of amides is 1. The summed E-state index contributed by atoms with van der Waals surface area (Å²) < 4.78 is 7.62. The van der Waals surface area contributed by atoms with Crippen molar-refractivity contribution in [3.63, 3.8) is 0 Å². The number of nitrogens with one attached hydrogen (secondary N) is 1. The number of halogens is 2. The molecule has 1 aromatic heterocycles. The Balaban J connectivity index is 1.64. The highest BCUT2D eigenvalue weighted by molar-refractivity contribution is 9.10. The van der Waals surface area contributed by atoms with Gasteiger partial charge in [-0.3, -0.25) is 4.79 Å². The van der Waals surface area contributed by atoms with Crippen LogP contribution in [0.4, 0.5) is 0 Å². The molecule has 24 heavy (non-hydrogen) atoms. The number of hydrazone groups is 1. The molecule has 1 N–H and O–H groups in total. The average Bonchev–Trinajstić information content (AvgIpc) is 3.05. The minimum absolute atomic E-state index is 0.279. The lowest BCUT2D eigenvalue weighted by Gasteiger charge is -1.99. The molecule has 0 saturated carbocycles. The fourth-order valence-electron chi connectivity index (χ4n) is 2.01. The second-order valence-electron chi connectivity index (χ2n) is 4.91. The molecule has 0 aliphatic heterocycles. The largest absolute Gasteiger partial charge is 0.455 e. The SMILES string of the molecule is O=C(N/N=C\c1ccc(-c2ccc(Br)cc2)o1)c1ccc(Br)cc1. The number of nitrogens with zero attached hydrogens (tertiary/aromatic N) is 1. The van der Waals surface area contributed by atoms with Gasteiger partial charge in [-0.25, -0.2) is 5.43 Å². The van der Waals surface area contributed by atoms with Crippen molar-refractivity contribution < 1.29 is 9.21 Å². The van der Waals surface area contributed by atoms with Crippen LogP contribution in [0.15, 0.2) is 79.1 Å². The summed E-state index contributed by atoms with van der Waals surface area (Å²) in [6.45, 7) is 0. The van der Waals surface area contributed by atoms with E-state index in [0.29, 0.717) is 11.3 Å². The Morgan fingerprint density at radius 1 is 0.917 bits per heavy atom. The summed E-state index contributed by atoms with van der Waals surface area (Å²) >= 11 is 6.73. The van der Waals surface area contributed by atoms with E-state index in [1.807, 2.05) is 30.3 Å². The van der Waals surface area contributed by atoms with E-state index in [4.69, 9.17) is 4.42 Å². The summed E-state index contributed by atoms with van der Waals surface area (Å²) in [7, 11) is 0. The van der Waals surface area contributed by atoms with Crippen LogP contribution in [0.1, 0.15) is 16.1 Å². The number of carbonyl (C=O) groups excluding carboxylic acids is 1. The van der Waals surface area contributed by atoms with Crippen LogP contribution in [0.2, 0.25) is 0 Å². The van der Waals surface area contributed by atoms with Crippen molar-refractivity contribution in [1.29, 1.82) is 0 Å². The number of carbonyl (C=O) groups is 1. The van der Waals surface area contributed by atoms with E-state index < -0.39 is 0 Å². The second kappa shape index (κ2) is 7.59. The Morgan fingerprint density at radius 2 is 1.54 bits per heavy atom. The highest BCUT2D eigenvalue weighted by atomic mass is 79.9. The van der Waals surface area contributed by atoms with Gasteiger partial charge in [0, 0.05) is 20.1 Å². The summed E-state index contributed by atoms with van der Waals surface area (Å²) in [6.07, 6.45) is 1.47. The zero-order chi connectivity index (χ0) is 16.9. The molecule has 2 aromatic carbocycles. The van der Waals surface area contributed by atoms with Crippen LogP contribution in [-0.4, -0.2) is 12.1 Å². The molecule has 0 aliphatic carbocycles. The first-order valence-corrected chi connectivity index (χ1v) is 8.65. The van der Waals surface area contributed by atoms with Gasteiger partial charge in [0.15, 0.2) is 0 Å². The van der Waals surface area contributed by atoms with Crippen LogP contribution < -0.4 is 5.43 Å². The molecule has 3 rings (SSSR count). The molecule has 0 bridgehead atoms. The summed E-state index contributed by atoms with van der Waals surface area (Å²) in [5.41, 5.74) is 3.97. The fourth-order valence-corrected chi connectivity index (χ4v) is 2.54. The van der Waals surface area contributed by atoms with E-state index in [-0.39, 0.29) is 5.91 Å². The first-order chi connectivity index (χ1) is 11.6. The predicted molar refractivity (Wildman–Crippen MR) is 101 cm³/mol. The van der Waals surface area contributed by atoms with Crippen molar-refractivity contribution in [2.45, 2.75) is 0 Å². The number of hydrogen-bond donors (Lipinski definition) is 1. The van der Waals surface area contributed by atoms with Crippen LogP contribution in [0.25, 0.3) is 11.3 Å². The first-order valence-electron chi connectivity index (χ1n) is 7.06. The molecule has 0 atom stereocenters. The first kappa shape index (κ1) is 16.7. The summed E-state index contributed by atoms with van der Waals surface area (Å²) in [5, 5.41) is 3.92. The number of furan rings is 1. The fraction of sp³-hybridized carbons (Fsp3) is 0. The third-order valence-corrected chi connectivity index (χ3v) is 4.28. The third-order valence-electron chi connectivity index (χ3n) is 3.22. The molecular formula is C18H12Br2N2O2. The van der Waals surface area contributed by atoms with Crippen molar-refractivity contribution in [2.75, 3.05) is 0 Å². The Hall–Kier alpha value is -2.18. The monoisotopic (exact) mass is 446 g/mol. The lowest BCUT2D eigenvalue weighted by atomic mass is 10.2. The maximum absolute atomic E-state index is 11.9. The molecule has 6 heteroatoms. The molecule has 1 heterocycles. The molecule has 0 aliphatic rings. The summed E-state index contributed by atoms with van der Waals surface area (Å²) in [5.74, 6) is 1.02. The van der Waals surface area contributed by atoms with E-state index in [1.165, 1.54) is 6.21 Å². The lowest BCUT2D eigenvalue weighted by Crippen LogP contribution is -2.17. The van der Waals surface area contributed by atoms with Crippen molar-refractivity contribution in [2.24, 2.45) is 5.10 Å². The van der Waals surface area contributed by atoms with Crippen LogP contribution in [0, 0.1) is 0 Å². The number of rotatable bonds is 4. The molecule has 120 valence electrons. The topological polar surface area (TPSA) is 54.6 Å². The van der Waals surface area contributed by atoms with E-state index in [1.54, 1.807) is 30.3 Å². The Bertz CT molecular complexity index is 869. The van der Waals surface area contributed by atoms with Gasteiger partial charge >= 0.3 is 0 Å². The van der Waals surface area contributed by atoms with Crippen LogP contribution >= 0.6 is 31.9 Å². The smallest absolute Gasteiger partial charge is 0.271 e. The predicted octanol–water partition coefficient (Wildman–Crippen LogP) is 5.24. The van der Waals surface area contributed by atoms with Gasteiger partial charge in [0.2, 0.25) is 0 Å². The van der Waals surface area contributed by atoms with Gasteiger partial charge in [-0.1, -0.05) is 44.0 Å². The maximum atomic E-state index is 11.9. The molecule has 0 spiro atoms. The Kier molecular flexibility index (Phi) is 5.27. The van der Waals surface area contributed by atoms with Gasteiger partial charge in [0.25, 0.3) is 5.91 Å². The average molecular weight is 448 g/mol. The summed E-state index contributed by atoms with van der Waals surface area (Å²) in [6, 6.07) is 18.5.